The molecule has 3 aromatic carbocycles. The predicted molar refractivity (Wildman–Crippen MR) is 111 cm³/mol. The molecule has 0 saturated heterocycles. The first kappa shape index (κ1) is 18.5. The van der Waals surface area contributed by atoms with Crippen LogP contribution in [0.15, 0.2) is 66.7 Å². The van der Waals surface area contributed by atoms with Crippen LogP contribution in [0.2, 0.25) is 0 Å². The van der Waals surface area contributed by atoms with Crippen LogP contribution >= 0.6 is 0 Å². The molecule has 1 aromatic heterocycles. The van der Waals surface area contributed by atoms with Gasteiger partial charge in [-0.15, -0.1) is 0 Å². The molecule has 4 nitrogen and oxygen atoms in total. The number of para-hydroxylation sites is 1. The maximum Gasteiger partial charge on any atom is 0.149 e. The standard InChI is InChI=1S/C24H18FN3O/c1-16-6-8-17(9-7-16)15-29-23-5-3-2-4-18(23)12-19(14-26)24-27-21-11-10-20(25)13-22(21)28-24/h2-13H,15H2,1H3,(H,27,28)/b19-12-. The SMILES string of the molecule is Cc1ccc(COc2ccccc2/C=C(/C#N)c2nc3ccc(F)cc3[nH]2)cc1. The molecule has 0 atom stereocenters. The minimum atomic E-state index is -0.356. The third kappa shape index (κ3) is 4.17. The molecule has 0 aliphatic heterocycles. The quantitative estimate of drug-likeness (QED) is 0.453. The first-order chi connectivity index (χ1) is 14.1. The van der Waals surface area contributed by atoms with Crippen molar-refractivity contribution >= 4 is 22.7 Å². The minimum Gasteiger partial charge on any atom is -0.488 e. The van der Waals surface area contributed by atoms with Gasteiger partial charge in [-0.3, -0.25) is 0 Å². The number of nitrogens with zero attached hydrogens (tertiary/aromatic N) is 2. The van der Waals surface area contributed by atoms with E-state index in [4.69, 9.17) is 4.74 Å². The van der Waals surface area contributed by atoms with Crippen LogP contribution < -0.4 is 4.74 Å². The van der Waals surface area contributed by atoms with E-state index in [1.165, 1.54) is 17.7 Å². The Morgan fingerprint density at radius 3 is 2.72 bits per heavy atom. The fraction of sp³-hybridized carbons (Fsp3) is 0.0833. The maximum atomic E-state index is 13.4. The van der Waals surface area contributed by atoms with Crippen LogP contribution in [0.25, 0.3) is 22.7 Å². The number of hydrogen-bond donors (Lipinski definition) is 1. The van der Waals surface area contributed by atoms with Gasteiger partial charge in [0.05, 0.1) is 16.6 Å². The number of benzene rings is 3. The van der Waals surface area contributed by atoms with Gasteiger partial charge in [-0.2, -0.15) is 5.26 Å². The van der Waals surface area contributed by atoms with Gasteiger partial charge >= 0.3 is 0 Å². The van der Waals surface area contributed by atoms with E-state index in [-0.39, 0.29) is 5.82 Å². The predicted octanol–water partition coefficient (Wildman–Crippen LogP) is 5.65. The molecule has 0 bridgehead atoms. The van der Waals surface area contributed by atoms with Gasteiger partial charge in [0.1, 0.15) is 30.1 Å². The van der Waals surface area contributed by atoms with Gasteiger partial charge in [-0.25, -0.2) is 9.37 Å². The van der Waals surface area contributed by atoms with Gasteiger partial charge in [0, 0.05) is 5.56 Å². The van der Waals surface area contributed by atoms with Crippen molar-refractivity contribution in [2.75, 3.05) is 0 Å². The number of imidazole rings is 1. The number of fused-ring (bicyclic) bond motifs is 1. The van der Waals surface area contributed by atoms with E-state index < -0.39 is 0 Å². The average Bonchev–Trinajstić information content (AvgIpc) is 3.15. The molecular formula is C24H18FN3O. The first-order valence-corrected chi connectivity index (χ1v) is 9.17. The summed E-state index contributed by atoms with van der Waals surface area (Å²) in [5.74, 6) is 0.703. The molecule has 4 rings (SSSR count). The summed E-state index contributed by atoms with van der Waals surface area (Å²) in [6.07, 6.45) is 1.72. The second-order valence-electron chi connectivity index (χ2n) is 6.73. The Kier molecular flexibility index (Phi) is 5.08. The Morgan fingerprint density at radius 2 is 1.93 bits per heavy atom. The van der Waals surface area contributed by atoms with Gasteiger partial charge in [0.2, 0.25) is 0 Å². The van der Waals surface area contributed by atoms with Crippen molar-refractivity contribution in [2.24, 2.45) is 0 Å². The number of ether oxygens (including phenoxy) is 1. The lowest BCUT2D eigenvalue weighted by Gasteiger charge is -2.10. The largest absolute Gasteiger partial charge is 0.488 e. The molecule has 0 unspecified atom stereocenters. The van der Waals surface area contributed by atoms with Crippen molar-refractivity contribution in [3.63, 3.8) is 0 Å². The molecule has 0 spiro atoms. The van der Waals surface area contributed by atoms with Crippen LogP contribution in [0.1, 0.15) is 22.5 Å². The number of aromatic nitrogens is 2. The van der Waals surface area contributed by atoms with Gasteiger partial charge in [-0.1, -0.05) is 48.0 Å². The smallest absolute Gasteiger partial charge is 0.149 e. The van der Waals surface area contributed by atoms with Crippen LogP contribution in [-0.4, -0.2) is 9.97 Å². The molecule has 5 heteroatoms. The molecule has 1 N–H and O–H groups in total. The number of nitriles is 1. The molecule has 4 aromatic rings. The molecule has 142 valence electrons. The van der Waals surface area contributed by atoms with Crippen LogP contribution in [0.5, 0.6) is 5.75 Å². The van der Waals surface area contributed by atoms with Crippen LogP contribution in [0, 0.1) is 24.1 Å². The highest BCUT2D eigenvalue weighted by Crippen LogP contribution is 2.25. The molecule has 1 heterocycles. The molecule has 0 aliphatic rings. The van der Waals surface area contributed by atoms with E-state index in [1.807, 2.05) is 55.5 Å². The molecule has 0 radical (unpaired) electrons. The zero-order valence-electron chi connectivity index (χ0n) is 15.8. The fourth-order valence-electron chi connectivity index (χ4n) is 3.00. The van der Waals surface area contributed by atoms with Crippen molar-refractivity contribution in [2.45, 2.75) is 13.5 Å². The number of aryl methyl sites for hydroxylation is 1. The van der Waals surface area contributed by atoms with Gasteiger partial charge in [0.25, 0.3) is 0 Å². The van der Waals surface area contributed by atoms with E-state index in [0.717, 1.165) is 11.1 Å². The number of hydrogen-bond acceptors (Lipinski definition) is 3. The molecule has 0 saturated carbocycles. The van der Waals surface area contributed by atoms with Crippen molar-refractivity contribution in [3.05, 3.63) is 95.1 Å². The lowest BCUT2D eigenvalue weighted by Crippen LogP contribution is -1.97. The molecule has 0 aliphatic carbocycles. The summed E-state index contributed by atoms with van der Waals surface area (Å²) in [6.45, 7) is 2.47. The highest BCUT2D eigenvalue weighted by atomic mass is 19.1. The third-order valence-electron chi connectivity index (χ3n) is 4.55. The van der Waals surface area contributed by atoms with E-state index in [2.05, 4.69) is 16.0 Å². The Morgan fingerprint density at radius 1 is 1.14 bits per heavy atom. The van der Waals surface area contributed by atoms with Crippen LogP contribution in [-0.2, 0) is 6.61 Å². The number of H-pyrrole nitrogens is 1. The Labute approximate surface area is 167 Å². The summed E-state index contributed by atoms with van der Waals surface area (Å²) in [6, 6.07) is 22.1. The lowest BCUT2D eigenvalue weighted by atomic mass is 10.1. The number of halogens is 1. The first-order valence-electron chi connectivity index (χ1n) is 9.17. The maximum absolute atomic E-state index is 13.4. The zero-order valence-corrected chi connectivity index (χ0v) is 15.8. The molecule has 0 fully saturated rings. The zero-order chi connectivity index (χ0) is 20.2. The topological polar surface area (TPSA) is 61.7 Å². The van der Waals surface area contributed by atoms with Gasteiger partial charge in [-0.05, 0) is 42.8 Å². The summed E-state index contributed by atoms with van der Waals surface area (Å²) >= 11 is 0. The molecule has 0 amide bonds. The Hall–Kier alpha value is -3.91. The van der Waals surface area contributed by atoms with Crippen molar-refractivity contribution in [3.8, 4) is 11.8 Å². The summed E-state index contributed by atoms with van der Waals surface area (Å²) < 4.78 is 19.4. The normalized spacial score (nSPS) is 11.4. The second kappa shape index (κ2) is 7.99. The van der Waals surface area contributed by atoms with Crippen molar-refractivity contribution < 1.29 is 9.13 Å². The number of nitrogens with one attached hydrogen (secondary N) is 1. The second-order valence-corrected chi connectivity index (χ2v) is 6.73. The van der Waals surface area contributed by atoms with E-state index in [0.29, 0.717) is 34.8 Å². The third-order valence-corrected chi connectivity index (χ3v) is 4.55. The summed E-state index contributed by atoms with van der Waals surface area (Å²) in [5, 5.41) is 9.65. The summed E-state index contributed by atoms with van der Waals surface area (Å²) in [4.78, 5) is 7.41. The van der Waals surface area contributed by atoms with Gasteiger partial charge < -0.3 is 9.72 Å². The van der Waals surface area contributed by atoms with Crippen LogP contribution in [0.3, 0.4) is 0 Å². The van der Waals surface area contributed by atoms with Gasteiger partial charge in [0.15, 0.2) is 0 Å². The van der Waals surface area contributed by atoms with Crippen molar-refractivity contribution in [1.29, 1.82) is 5.26 Å². The van der Waals surface area contributed by atoms with Crippen LogP contribution in [0.4, 0.5) is 4.39 Å². The number of rotatable bonds is 5. The number of aromatic amines is 1. The lowest BCUT2D eigenvalue weighted by molar-refractivity contribution is 0.305. The highest BCUT2D eigenvalue weighted by Gasteiger charge is 2.10. The van der Waals surface area contributed by atoms with E-state index in [1.54, 1.807) is 12.1 Å². The Balaban J connectivity index is 1.63. The van der Waals surface area contributed by atoms with Crippen molar-refractivity contribution in [1.82, 2.24) is 9.97 Å². The highest BCUT2D eigenvalue weighted by molar-refractivity contribution is 5.91. The van der Waals surface area contributed by atoms with E-state index >= 15 is 0 Å². The number of allylic oxidation sites excluding steroid dienone is 1. The summed E-state index contributed by atoms with van der Waals surface area (Å²) in [7, 11) is 0. The molecular weight excluding hydrogens is 365 g/mol. The van der Waals surface area contributed by atoms with E-state index in [9.17, 15) is 9.65 Å². The molecule has 29 heavy (non-hydrogen) atoms. The summed E-state index contributed by atoms with van der Waals surface area (Å²) in [5.41, 5.74) is 4.52. The minimum absolute atomic E-state index is 0.341. The monoisotopic (exact) mass is 383 g/mol. The Bertz CT molecular complexity index is 1230. The average molecular weight is 383 g/mol. The fourth-order valence-corrected chi connectivity index (χ4v) is 3.00.